The van der Waals surface area contributed by atoms with Crippen molar-refractivity contribution in [2.75, 3.05) is 20.3 Å². The molecule has 21 heavy (non-hydrogen) atoms. The van der Waals surface area contributed by atoms with E-state index in [0.29, 0.717) is 0 Å². The number of nitrogens with zero attached hydrogens (tertiary/aromatic N) is 1. The topological polar surface area (TPSA) is 38.8 Å². The van der Waals surface area contributed by atoms with Crippen molar-refractivity contribution < 1.29 is 14.3 Å². The minimum atomic E-state index is -0.205. The van der Waals surface area contributed by atoms with Crippen LogP contribution in [-0.4, -0.2) is 43.2 Å². The molecule has 0 aromatic heterocycles. The third-order valence-electron chi connectivity index (χ3n) is 4.51. The third-order valence-corrected chi connectivity index (χ3v) is 4.51. The van der Waals surface area contributed by atoms with Gasteiger partial charge in [0.15, 0.2) is 0 Å². The van der Waals surface area contributed by atoms with Crippen molar-refractivity contribution in [1.29, 1.82) is 0 Å². The lowest BCUT2D eigenvalue weighted by Crippen LogP contribution is -2.42. The lowest BCUT2D eigenvalue weighted by Gasteiger charge is -2.27. The second kappa shape index (κ2) is 6.48. The molecule has 2 fully saturated rings. The number of amides is 1. The second-order valence-electron chi connectivity index (χ2n) is 5.85. The van der Waals surface area contributed by atoms with E-state index in [2.05, 4.69) is 6.07 Å². The number of hydrogen-bond donors (Lipinski definition) is 0. The molecule has 2 atom stereocenters. The number of methoxy groups -OCH3 is 1. The van der Waals surface area contributed by atoms with Gasteiger partial charge in [0.05, 0.1) is 7.11 Å². The monoisotopic (exact) mass is 289 g/mol. The van der Waals surface area contributed by atoms with E-state index in [1.807, 2.05) is 23.1 Å². The first-order valence-electron chi connectivity index (χ1n) is 7.83. The molecule has 0 saturated carbocycles. The number of para-hydroxylation sites is 1. The molecule has 0 radical (unpaired) electrons. The van der Waals surface area contributed by atoms with Crippen LogP contribution in [0.15, 0.2) is 24.3 Å². The molecule has 4 heteroatoms. The summed E-state index contributed by atoms with van der Waals surface area (Å²) < 4.78 is 11.0. The highest BCUT2D eigenvalue weighted by Crippen LogP contribution is 2.28. The van der Waals surface area contributed by atoms with Gasteiger partial charge in [-0.15, -0.1) is 0 Å². The van der Waals surface area contributed by atoms with Crippen molar-refractivity contribution in [1.82, 2.24) is 4.90 Å². The molecule has 1 aromatic carbocycles. The van der Waals surface area contributed by atoms with Crippen molar-refractivity contribution >= 4 is 5.91 Å². The first kappa shape index (κ1) is 14.4. The van der Waals surface area contributed by atoms with Crippen molar-refractivity contribution in [3.05, 3.63) is 29.8 Å². The number of carbonyl (C=O) groups excluding carboxylic acids is 1. The zero-order chi connectivity index (χ0) is 14.7. The van der Waals surface area contributed by atoms with Crippen molar-refractivity contribution in [3.63, 3.8) is 0 Å². The molecule has 0 aliphatic carbocycles. The minimum Gasteiger partial charge on any atom is -0.496 e. The summed E-state index contributed by atoms with van der Waals surface area (Å²) in [6.45, 7) is 1.58. The van der Waals surface area contributed by atoms with E-state index < -0.39 is 0 Å². The Hall–Kier alpha value is -1.55. The van der Waals surface area contributed by atoms with Gasteiger partial charge in [0.25, 0.3) is 5.91 Å². The average molecular weight is 289 g/mol. The number of likely N-dealkylation sites (tertiary alicyclic amines) is 1. The summed E-state index contributed by atoms with van der Waals surface area (Å²) in [6.07, 6.45) is 4.68. The molecule has 2 aliphatic heterocycles. The van der Waals surface area contributed by atoms with Gasteiger partial charge in [-0.2, -0.15) is 0 Å². The molecule has 2 aliphatic rings. The summed E-state index contributed by atoms with van der Waals surface area (Å²) in [5.74, 6) is 1.10. The Morgan fingerprint density at radius 3 is 2.95 bits per heavy atom. The van der Waals surface area contributed by atoms with Crippen LogP contribution in [0.25, 0.3) is 0 Å². The maximum Gasteiger partial charge on any atom is 0.251 e. The predicted molar refractivity (Wildman–Crippen MR) is 80.4 cm³/mol. The van der Waals surface area contributed by atoms with E-state index in [0.717, 1.165) is 51.0 Å². The third kappa shape index (κ3) is 3.05. The van der Waals surface area contributed by atoms with Crippen LogP contribution < -0.4 is 4.74 Å². The molecule has 1 aromatic rings. The van der Waals surface area contributed by atoms with Crippen LogP contribution in [0.4, 0.5) is 0 Å². The molecule has 0 N–H and O–H groups in total. The summed E-state index contributed by atoms with van der Waals surface area (Å²) >= 11 is 0. The number of benzene rings is 1. The summed E-state index contributed by atoms with van der Waals surface area (Å²) in [7, 11) is 1.70. The smallest absolute Gasteiger partial charge is 0.251 e. The Bertz CT molecular complexity index is 497. The number of ether oxygens (including phenoxy) is 2. The Morgan fingerprint density at radius 1 is 1.33 bits per heavy atom. The number of rotatable bonds is 4. The van der Waals surface area contributed by atoms with E-state index in [9.17, 15) is 4.79 Å². The van der Waals surface area contributed by atoms with Crippen molar-refractivity contribution in [2.24, 2.45) is 0 Å². The van der Waals surface area contributed by atoms with Gasteiger partial charge >= 0.3 is 0 Å². The van der Waals surface area contributed by atoms with Gasteiger partial charge in [0, 0.05) is 19.2 Å². The fourth-order valence-corrected chi connectivity index (χ4v) is 3.42. The van der Waals surface area contributed by atoms with Gasteiger partial charge in [-0.05, 0) is 43.7 Å². The average Bonchev–Trinajstić information content (AvgIpc) is 3.18. The maximum absolute atomic E-state index is 12.6. The standard InChI is InChI=1S/C17H23NO3/c1-20-15-8-3-2-6-13(15)12-14-7-4-10-18(14)17(19)16-9-5-11-21-16/h2-3,6,8,14,16H,4-5,7,9-12H2,1H3/t14-,16-/m1/s1. The Kier molecular flexibility index (Phi) is 4.44. The fraction of sp³-hybridized carbons (Fsp3) is 0.588. The van der Waals surface area contributed by atoms with E-state index in [-0.39, 0.29) is 18.1 Å². The van der Waals surface area contributed by atoms with Gasteiger partial charge < -0.3 is 14.4 Å². The van der Waals surface area contributed by atoms with E-state index in [1.54, 1.807) is 7.11 Å². The highest BCUT2D eigenvalue weighted by Gasteiger charge is 2.35. The van der Waals surface area contributed by atoms with E-state index >= 15 is 0 Å². The summed E-state index contributed by atoms with van der Waals surface area (Å²) in [6, 6.07) is 8.35. The molecule has 0 spiro atoms. The Morgan fingerprint density at radius 2 is 2.19 bits per heavy atom. The minimum absolute atomic E-state index is 0.185. The van der Waals surface area contributed by atoms with Crippen LogP contribution in [0, 0.1) is 0 Å². The van der Waals surface area contributed by atoms with Crippen molar-refractivity contribution in [2.45, 2.75) is 44.2 Å². The molecule has 4 nitrogen and oxygen atoms in total. The molecule has 0 unspecified atom stereocenters. The molecule has 114 valence electrons. The normalized spacial score (nSPS) is 25.3. The zero-order valence-electron chi connectivity index (χ0n) is 12.6. The van der Waals surface area contributed by atoms with Gasteiger partial charge in [-0.3, -0.25) is 4.79 Å². The quantitative estimate of drug-likeness (QED) is 0.854. The first-order chi connectivity index (χ1) is 10.3. The molecule has 2 heterocycles. The molecule has 2 saturated heterocycles. The second-order valence-corrected chi connectivity index (χ2v) is 5.85. The van der Waals surface area contributed by atoms with E-state index in [1.165, 1.54) is 5.56 Å². The first-order valence-corrected chi connectivity index (χ1v) is 7.83. The predicted octanol–water partition coefficient (Wildman–Crippen LogP) is 2.41. The van der Waals surface area contributed by atoms with Gasteiger partial charge in [0.2, 0.25) is 0 Å². The molecule has 1 amide bonds. The molecular weight excluding hydrogens is 266 g/mol. The summed E-state index contributed by atoms with van der Waals surface area (Å²) in [5, 5.41) is 0. The van der Waals surface area contributed by atoms with Crippen LogP contribution in [0.1, 0.15) is 31.2 Å². The van der Waals surface area contributed by atoms with Gasteiger partial charge in [-0.25, -0.2) is 0 Å². The van der Waals surface area contributed by atoms with Crippen LogP contribution in [0.5, 0.6) is 5.75 Å². The Balaban J connectivity index is 1.70. The van der Waals surface area contributed by atoms with Gasteiger partial charge in [0.1, 0.15) is 11.9 Å². The molecular formula is C17H23NO3. The van der Waals surface area contributed by atoms with Crippen LogP contribution in [0.3, 0.4) is 0 Å². The Labute approximate surface area is 126 Å². The lowest BCUT2D eigenvalue weighted by atomic mass is 10.0. The van der Waals surface area contributed by atoms with Crippen LogP contribution in [-0.2, 0) is 16.0 Å². The SMILES string of the molecule is COc1ccccc1C[C@H]1CCCN1C(=O)[C@H]1CCCO1. The summed E-state index contributed by atoms with van der Waals surface area (Å²) in [4.78, 5) is 14.6. The summed E-state index contributed by atoms with van der Waals surface area (Å²) in [5.41, 5.74) is 1.18. The lowest BCUT2D eigenvalue weighted by molar-refractivity contribution is -0.141. The van der Waals surface area contributed by atoms with Crippen LogP contribution >= 0.6 is 0 Å². The number of hydrogen-bond acceptors (Lipinski definition) is 3. The largest absolute Gasteiger partial charge is 0.496 e. The van der Waals surface area contributed by atoms with E-state index in [4.69, 9.17) is 9.47 Å². The van der Waals surface area contributed by atoms with Gasteiger partial charge in [-0.1, -0.05) is 18.2 Å². The van der Waals surface area contributed by atoms with Crippen LogP contribution in [0.2, 0.25) is 0 Å². The maximum atomic E-state index is 12.6. The number of carbonyl (C=O) groups is 1. The highest BCUT2D eigenvalue weighted by molar-refractivity contribution is 5.81. The highest BCUT2D eigenvalue weighted by atomic mass is 16.5. The fourth-order valence-electron chi connectivity index (χ4n) is 3.42. The zero-order valence-corrected chi connectivity index (χ0v) is 12.6. The van der Waals surface area contributed by atoms with Crippen molar-refractivity contribution in [3.8, 4) is 5.75 Å². The molecule has 3 rings (SSSR count). The molecule has 0 bridgehead atoms.